The number of aliphatic hydroxyl groups is 5. The van der Waals surface area contributed by atoms with Gasteiger partial charge in [0.25, 0.3) is 0 Å². The van der Waals surface area contributed by atoms with E-state index in [1.54, 1.807) is 0 Å². The van der Waals surface area contributed by atoms with E-state index < -0.39 is 49.5 Å². The average molecular weight is 886 g/mol. The molecular weight excluding hydrogens is 791 g/mol. The van der Waals surface area contributed by atoms with Crippen molar-refractivity contribution < 1.29 is 39.8 Å². The first-order chi connectivity index (χ1) is 30.8. The van der Waals surface area contributed by atoms with Gasteiger partial charge in [0.15, 0.2) is 6.29 Å². The zero-order valence-corrected chi connectivity index (χ0v) is 40.1. The lowest BCUT2D eigenvalue weighted by atomic mass is 9.99. The van der Waals surface area contributed by atoms with E-state index in [1.165, 1.54) is 89.9 Å². The second-order valence-corrected chi connectivity index (χ2v) is 17.6. The summed E-state index contributed by atoms with van der Waals surface area (Å²) in [7, 11) is 0. The Bertz CT molecular complexity index is 1210. The number of carbonyl (C=O) groups excluding carboxylic acids is 1. The monoisotopic (exact) mass is 886 g/mol. The van der Waals surface area contributed by atoms with Crippen LogP contribution < -0.4 is 5.32 Å². The first kappa shape index (κ1) is 58.6. The zero-order chi connectivity index (χ0) is 45.9. The molecule has 7 atom stereocenters. The minimum absolute atomic E-state index is 0.152. The van der Waals surface area contributed by atoms with E-state index in [0.717, 1.165) is 89.9 Å². The second-order valence-electron chi connectivity index (χ2n) is 17.6. The molecule has 1 aliphatic rings. The van der Waals surface area contributed by atoms with Gasteiger partial charge in [-0.3, -0.25) is 4.79 Å². The van der Waals surface area contributed by atoms with Crippen LogP contribution in [0.4, 0.5) is 0 Å². The smallest absolute Gasteiger partial charge is 0.220 e. The van der Waals surface area contributed by atoms with Gasteiger partial charge < -0.3 is 40.3 Å². The van der Waals surface area contributed by atoms with Crippen LogP contribution in [-0.2, 0) is 14.3 Å². The van der Waals surface area contributed by atoms with E-state index >= 15 is 0 Å². The summed E-state index contributed by atoms with van der Waals surface area (Å²) in [5, 5.41) is 54.5. The average Bonchev–Trinajstić information content (AvgIpc) is 3.28. The van der Waals surface area contributed by atoms with E-state index in [-0.39, 0.29) is 12.5 Å². The quantitative estimate of drug-likeness (QED) is 0.0262. The molecule has 9 nitrogen and oxygen atoms in total. The molecule has 1 rings (SSSR count). The van der Waals surface area contributed by atoms with Crippen LogP contribution in [0.1, 0.15) is 206 Å². The molecule has 0 aromatic carbocycles. The molecule has 364 valence electrons. The highest BCUT2D eigenvalue weighted by atomic mass is 16.7. The number of unbranched alkanes of at least 4 members (excludes halogenated alkanes) is 20. The minimum atomic E-state index is -1.56. The van der Waals surface area contributed by atoms with Gasteiger partial charge in [-0.15, -0.1) is 0 Å². The first-order valence-corrected chi connectivity index (χ1v) is 25.6. The van der Waals surface area contributed by atoms with E-state index in [2.05, 4.69) is 92.1 Å². The summed E-state index contributed by atoms with van der Waals surface area (Å²) in [5.41, 5.74) is 0. The van der Waals surface area contributed by atoms with Crippen LogP contribution in [0, 0.1) is 0 Å². The lowest BCUT2D eigenvalue weighted by Gasteiger charge is -2.40. The molecule has 0 radical (unpaired) electrons. The Morgan fingerprint density at radius 3 is 1.46 bits per heavy atom. The topological polar surface area (TPSA) is 149 Å². The molecule has 7 unspecified atom stereocenters. The molecule has 6 N–H and O–H groups in total. The maximum atomic E-state index is 13.0. The molecule has 0 saturated carbocycles. The molecule has 0 spiro atoms. The lowest BCUT2D eigenvalue weighted by molar-refractivity contribution is -0.302. The van der Waals surface area contributed by atoms with Crippen LogP contribution >= 0.6 is 0 Å². The third-order valence-electron chi connectivity index (χ3n) is 11.8. The Hall–Kier alpha value is -2.37. The van der Waals surface area contributed by atoms with E-state index in [9.17, 15) is 30.3 Å². The fraction of sp³-hybridized carbons (Fsp3) is 0.759. The number of amides is 1. The fourth-order valence-corrected chi connectivity index (χ4v) is 7.75. The van der Waals surface area contributed by atoms with Gasteiger partial charge in [0, 0.05) is 6.42 Å². The zero-order valence-electron chi connectivity index (χ0n) is 40.1. The van der Waals surface area contributed by atoms with Crippen LogP contribution in [0.25, 0.3) is 0 Å². The van der Waals surface area contributed by atoms with Gasteiger partial charge in [-0.05, 0) is 64.2 Å². The Labute approximate surface area is 385 Å². The summed E-state index contributed by atoms with van der Waals surface area (Å²) in [6, 6.07) is -0.737. The molecule has 1 fully saturated rings. The van der Waals surface area contributed by atoms with Crippen molar-refractivity contribution in [2.75, 3.05) is 13.2 Å². The Morgan fingerprint density at radius 1 is 0.556 bits per heavy atom. The minimum Gasteiger partial charge on any atom is -0.394 e. The number of allylic oxidation sites excluding steroid dienone is 12. The number of rotatable bonds is 42. The summed E-state index contributed by atoms with van der Waals surface area (Å²) in [4.78, 5) is 13.0. The van der Waals surface area contributed by atoms with Gasteiger partial charge in [-0.25, -0.2) is 0 Å². The largest absolute Gasteiger partial charge is 0.394 e. The molecule has 1 saturated heterocycles. The molecular formula is C54H95NO8. The van der Waals surface area contributed by atoms with Gasteiger partial charge in [0.1, 0.15) is 24.4 Å². The summed E-state index contributed by atoms with van der Waals surface area (Å²) < 4.78 is 11.3. The summed E-state index contributed by atoms with van der Waals surface area (Å²) >= 11 is 0. The maximum absolute atomic E-state index is 13.0. The van der Waals surface area contributed by atoms with E-state index in [4.69, 9.17) is 9.47 Å². The predicted molar refractivity (Wildman–Crippen MR) is 262 cm³/mol. The summed E-state index contributed by atoms with van der Waals surface area (Å²) in [6.45, 7) is 3.71. The van der Waals surface area contributed by atoms with Crippen molar-refractivity contribution in [3.8, 4) is 0 Å². The SMILES string of the molecule is CC/C=C\C/C=C\C/C=C\C/C=C\C/C=C\C/C=C\CCCCCCC(=O)NC(COC1OC(CO)C(O)C(O)C1O)C(O)CCCCCCCCCCCCCCCCCCC. The van der Waals surface area contributed by atoms with E-state index in [0.29, 0.717) is 12.8 Å². The normalized spacial score (nSPS) is 20.8. The molecule has 63 heavy (non-hydrogen) atoms. The van der Waals surface area contributed by atoms with Crippen LogP contribution in [0.3, 0.4) is 0 Å². The van der Waals surface area contributed by atoms with Crippen molar-refractivity contribution >= 4 is 5.91 Å². The fourth-order valence-electron chi connectivity index (χ4n) is 7.75. The highest BCUT2D eigenvalue weighted by molar-refractivity contribution is 5.76. The maximum Gasteiger partial charge on any atom is 0.220 e. The molecule has 1 heterocycles. The van der Waals surface area contributed by atoms with Gasteiger partial charge in [0.2, 0.25) is 5.91 Å². The molecule has 1 amide bonds. The number of nitrogens with one attached hydrogen (secondary N) is 1. The number of aliphatic hydroxyl groups excluding tert-OH is 5. The molecule has 0 bridgehead atoms. The van der Waals surface area contributed by atoms with Gasteiger partial charge >= 0.3 is 0 Å². The molecule has 0 aromatic rings. The lowest BCUT2D eigenvalue weighted by Crippen LogP contribution is -2.60. The van der Waals surface area contributed by atoms with Gasteiger partial charge in [-0.2, -0.15) is 0 Å². The van der Waals surface area contributed by atoms with Crippen molar-refractivity contribution in [1.29, 1.82) is 0 Å². The molecule has 1 aliphatic heterocycles. The van der Waals surface area contributed by atoms with Crippen molar-refractivity contribution in [2.24, 2.45) is 0 Å². The van der Waals surface area contributed by atoms with Crippen molar-refractivity contribution in [1.82, 2.24) is 5.32 Å². The summed E-state index contributed by atoms with van der Waals surface area (Å²) in [5.74, 6) is -0.171. The number of ether oxygens (including phenoxy) is 2. The summed E-state index contributed by atoms with van der Waals surface area (Å²) in [6.07, 6.45) is 51.9. The number of hydrogen-bond donors (Lipinski definition) is 6. The van der Waals surface area contributed by atoms with Crippen LogP contribution in [0.15, 0.2) is 72.9 Å². The predicted octanol–water partition coefficient (Wildman–Crippen LogP) is 11.7. The van der Waals surface area contributed by atoms with Gasteiger partial charge in [-0.1, -0.05) is 209 Å². The standard InChI is InChI=1S/C54H95NO8/c1-3-5-7-9-11-13-15-17-19-21-22-23-24-25-26-28-30-32-34-36-38-40-42-44-50(58)55-47(46-62-54-53(61)52(60)51(59)49(45-56)63-54)48(57)43-41-39-37-35-33-31-29-27-20-18-16-14-12-10-8-6-4-2/h5,7,11,13,17,19,22-23,25-26,30,32,47-49,51-54,56-57,59-61H,3-4,6,8-10,12,14-16,18,20-21,24,27-29,31,33-46H2,1-2H3,(H,55,58)/b7-5-,13-11-,19-17-,23-22-,26-25-,32-30-. The van der Waals surface area contributed by atoms with Crippen molar-refractivity contribution in [3.63, 3.8) is 0 Å². The Morgan fingerprint density at radius 2 is 0.984 bits per heavy atom. The van der Waals surface area contributed by atoms with Crippen LogP contribution in [0.2, 0.25) is 0 Å². The highest BCUT2D eigenvalue weighted by Gasteiger charge is 2.44. The van der Waals surface area contributed by atoms with E-state index in [1.807, 2.05) is 0 Å². The molecule has 0 aromatic heterocycles. The van der Waals surface area contributed by atoms with Crippen LogP contribution in [-0.4, -0.2) is 87.5 Å². The van der Waals surface area contributed by atoms with Crippen LogP contribution in [0.5, 0.6) is 0 Å². The Kier molecular flexibility index (Phi) is 40.5. The third kappa shape index (κ3) is 33.7. The Balaban J connectivity index is 2.31. The number of hydrogen-bond acceptors (Lipinski definition) is 8. The second kappa shape index (κ2) is 43.5. The van der Waals surface area contributed by atoms with Gasteiger partial charge in [0.05, 0.1) is 25.4 Å². The van der Waals surface area contributed by atoms with Crippen molar-refractivity contribution in [2.45, 2.75) is 249 Å². The molecule has 9 heteroatoms. The number of carbonyl (C=O) groups is 1. The first-order valence-electron chi connectivity index (χ1n) is 25.6. The third-order valence-corrected chi connectivity index (χ3v) is 11.8. The highest BCUT2D eigenvalue weighted by Crippen LogP contribution is 2.23. The van der Waals surface area contributed by atoms with Crippen molar-refractivity contribution in [3.05, 3.63) is 72.9 Å². The molecule has 0 aliphatic carbocycles.